The third kappa shape index (κ3) is 14.9. The lowest BCUT2D eigenvalue weighted by Crippen LogP contribution is -2.70. The molecule has 0 spiro atoms. The number of likely N-dealkylation sites (N-methyl/N-ethyl adjacent to an activating group) is 1. The average Bonchev–Trinajstić information content (AvgIpc) is 3.38. The van der Waals surface area contributed by atoms with Crippen LogP contribution in [0.25, 0.3) is 0 Å². The van der Waals surface area contributed by atoms with Crippen molar-refractivity contribution in [2.45, 2.75) is 218 Å². The summed E-state index contributed by atoms with van der Waals surface area (Å²) in [6.07, 6.45) is -8.34. The SMILES string of the molecule is CCCNC[C@]1(O)[C@H](C)O[C@@H](O[C@H]2[C@H](C)[C@@H](O[C@@H]3O[C@H](C)C[C@H](N(C)C(=O)N(C)c4ccccc4)[C@H]3Oc3ccc(OC)c(OC(C)C)c3)[C@](C)(O)C[C@@H](C)CN[C@H](C)[C@@H](O)[C@](C)(O)[C@@H](CC)OC(=O)[C@@H]2C)C[C@@]1(C)OC. The molecular weight excluding hydrogens is 993 g/mol. The summed E-state index contributed by atoms with van der Waals surface area (Å²) in [6.45, 7) is 24.5. The second-order valence-electron chi connectivity index (χ2n) is 23.1. The number of carbonyl (C=O) groups excluding carboxylic acids is 2. The van der Waals surface area contributed by atoms with Crippen LogP contribution in [0.3, 0.4) is 0 Å². The Bertz CT molecular complexity index is 2170. The maximum absolute atomic E-state index is 14.8. The number of hydrogen-bond acceptors (Lipinski definition) is 17. The topological polar surface area (TPSA) is 229 Å². The highest BCUT2D eigenvalue weighted by Gasteiger charge is 2.59. The molecule has 5 rings (SSSR count). The number of cyclic esters (lactones) is 1. The van der Waals surface area contributed by atoms with E-state index in [1.165, 1.54) is 14.0 Å². The predicted octanol–water partition coefficient (Wildman–Crippen LogP) is 6.44. The number of amides is 2. The van der Waals surface area contributed by atoms with Gasteiger partial charge >= 0.3 is 12.0 Å². The molecule has 3 fully saturated rings. The second-order valence-corrected chi connectivity index (χ2v) is 23.1. The first-order chi connectivity index (χ1) is 36.1. The fourth-order valence-corrected chi connectivity index (χ4v) is 11.6. The molecule has 77 heavy (non-hydrogen) atoms. The maximum Gasteiger partial charge on any atom is 0.324 e. The molecule has 0 bridgehead atoms. The summed E-state index contributed by atoms with van der Waals surface area (Å²) in [4.78, 5) is 32.6. The van der Waals surface area contributed by atoms with Gasteiger partial charge in [0.1, 0.15) is 34.8 Å². The Morgan fingerprint density at radius 1 is 0.909 bits per heavy atom. The number of carbonyl (C=O) groups is 2. The van der Waals surface area contributed by atoms with E-state index < -0.39 is 108 Å². The molecule has 2 aromatic rings. The zero-order valence-electron chi connectivity index (χ0n) is 49.1. The Morgan fingerprint density at radius 3 is 2.19 bits per heavy atom. The average molecular weight is 1090 g/mol. The maximum atomic E-state index is 14.8. The number of urea groups is 1. The van der Waals surface area contributed by atoms with Crippen molar-refractivity contribution in [2.75, 3.05) is 52.8 Å². The van der Waals surface area contributed by atoms with Crippen molar-refractivity contribution in [3.05, 3.63) is 48.5 Å². The molecule has 2 amide bonds. The minimum atomic E-state index is -1.88. The van der Waals surface area contributed by atoms with Crippen molar-refractivity contribution in [3.8, 4) is 17.2 Å². The fourth-order valence-electron chi connectivity index (χ4n) is 11.6. The lowest BCUT2D eigenvalue weighted by molar-refractivity contribution is -0.335. The summed E-state index contributed by atoms with van der Waals surface area (Å²) in [5.41, 5.74) is -5.63. The monoisotopic (exact) mass is 1090 g/mol. The molecule has 0 radical (unpaired) electrons. The molecule has 2 aromatic carbocycles. The number of aliphatic hydroxyl groups excluding tert-OH is 1. The van der Waals surface area contributed by atoms with Gasteiger partial charge in [-0.15, -0.1) is 0 Å². The van der Waals surface area contributed by atoms with Crippen LogP contribution in [-0.4, -0.2) is 181 Å². The summed E-state index contributed by atoms with van der Waals surface area (Å²) >= 11 is 0. The van der Waals surface area contributed by atoms with Crippen molar-refractivity contribution >= 4 is 17.7 Å². The highest BCUT2D eigenvalue weighted by molar-refractivity contribution is 5.91. The first-order valence-electron chi connectivity index (χ1n) is 27.8. The largest absolute Gasteiger partial charge is 0.493 e. The summed E-state index contributed by atoms with van der Waals surface area (Å²) in [7, 11) is 6.50. The predicted molar refractivity (Wildman–Crippen MR) is 293 cm³/mol. The highest BCUT2D eigenvalue weighted by Crippen LogP contribution is 2.44. The molecule has 438 valence electrons. The van der Waals surface area contributed by atoms with E-state index in [9.17, 15) is 30.0 Å². The quantitative estimate of drug-likeness (QED) is 0.0740. The van der Waals surface area contributed by atoms with Gasteiger partial charge in [-0.3, -0.25) is 9.69 Å². The van der Waals surface area contributed by atoms with Crippen LogP contribution in [0.1, 0.15) is 122 Å². The molecule has 3 saturated heterocycles. The third-order valence-electron chi connectivity index (χ3n) is 16.3. The van der Waals surface area contributed by atoms with Gasteiger partial charge in [-0.2, -0.15) is 0 Å². The van der Waals surface area contributed by atoms with Gasteiger partial charge in [-0.05, 0) is 131 Å². The number of methoxy groups -OCH3 is 2. The Balaban J connectivity index is 1.68. The number of nitrogens with one attached hydrogen (secondary N) is 2. The summed E-state index contributed by atoms with van der Waals surface area (Å²) in [5, 5.41) is 55.8. The van der Waals surface area contributed by atoms with Gasteiger partial charge in [-0.1, -0.05) is 45.9 Å². The Morgan fingerprint density at radius 2 is 1.58 bits per heavy atom. The van der Waals surface area contributed by atoms with Gasteiger partial charge in [-0.25, -0.2) is 4.79 Å². The number of para-hydroxylation sites is 1. The zero-order valence-corrected chi connectivity index (χ0v) is 49.1. The molecule has 3 aliphatic heterocycles. The zero-order chi connectivity index (χ0) is 57.4. The molecule has 0 unspecified atom stereocenters. The summed E-state index contributed by atoms with van der Waals surface area (Å²) in [6, 6.07) is 12.8. The molecule has 18 atom stereocenters. The van der Waals surface area contributed by atoms with Crippen LogP contribution in [0, 0.1) is 17.8 Å². The molecule has 0 aromatic heterocycles. The number of nitrogens with zero attached hydrogens (tertiary/aromatic N) is 2. The van der Waals surface area contributed by atoms with Gasteiger partial charge in [0.25, 0.3) is 0 Å². The van der Waals surface area contributed by atoms with E-state index in [1.807, 2.05) is 71.9 Å². The molecule has 6 N–H and O–H groups in total. The minimum absolute atomic E-state index is 0.0349. The number of benzene rings is 2. The van der Waals surface area contributed by atoms with Crippen molar-refractivity contribution in [1.82, 2.24) is 15.5 Å². The summed E-state index contributed by atoms with van der Waals surface area (Å²) in [5.74, 6) is -1.76. The number of hydrogen-bond donors (Lipinski definition) is 6. The van der Waals surface area contributed by atoms with E-state index in [-0.39, 0.29) is 43.9 Å². The first kappa shape index (κ1) is 64.0. The van der Waals surface area contributed by atoms with Crippen LogP contribution < -0.4 is 29.7 Å². The third-order valence-corrected chi connectivity index (χ3v) is 16.3. The van der Waals surface area contributed by atoms with Crippen LogP contribution in [0.15, 0.2) is 48.5 Å². The fraction of sp³-hybridized carbons (Fsp3) is 0.759. The van der Waals surface area contributed by atoms with Gasteiger partial charge in [0.15, 0.2) is 30.2 Å². The van der Waals surface area contributed by atoms with E-state index in [4.69, 9.17) is 42.6 Å². The lowest BCUT2D eigenvalue weighted by atomic mass is 9.75. The van der Waals surface area contributed by atoms with Crippen molar-refractivity contribution in [2.24, 2.45) is 17.8 Å². The van der Waals surface area contributed by atoms with Gasteiger partial charge < -0.3 is 78.6 Å². The lowest BCUT2D eigenvalue weighted by Gasteiger charge is -2.53. The van der Waals surface area contributed by atoms with Gasteiger partial charge in [0, 0.05) is 57.9 Å². The Hall–Kier alpha value is -3.86. The molecular formula is C58H96N4O15. The standard InChI is InChI=1S/C58H96N4O15/c1-18-27-59-33-58(68)40(10)73-47(31-56(58,12)70-17)76-48-37(7)51(55(11,66)30-35(5)32-60-39(9)50(63)57(13,67)46(19-2)75-52(64)38(48)8)77-53-49(74-42-25-26-44(69-16)45(29-42)71-34(3)4)43(28-36(6)72-53)62(15)54(65)61(14)41-23-21-20-22-24-41/h20-26,29,34-40,43,46-51,53,59-60,63,66-68H,18-19,27-28,30-33H2,1-17H3/t35-,36-,37+,38-,39-,40+,43+,46-,47+,48+,49-,50-,51-,53+,55-,56-,57-,58+/m1/s1. The van der Waals surface area contributed by atoms with E-state index in [1.54, 1.807) is 90.7 Å². The number of esters is 1. The van der Waals surface area contributed by atoms with Crippen molar-refractivity contribution < 1.29 is 72.6 Å². The van der Waals surface area contributed by atoms with Gasteiger partial charge in [0.05, 0.1) is 55.2 Å². The molecule has 19 nitrogen and oxygen atoms in total. The van der Waals surface area contributed by atoms with Crippen LogP contribution in [0.2, 0.25) is 0 Å². The number of ether oxygens (including phenoxy) is 9. The number of rotatable bonds is 17. The molecule has 0 saturated carbocycles. The Kier molecular flexibility index (Phi) is 22.5. The Labute approximate surface area is 458 Å². The second kappa shape index (κ2) is 27.1. The van der Waals surface area contributed by atoms with Gasteiger partial charge in [0.2, 0.25) is 0 Å². The van der Waals surface area contributed by atoms with E-state index in [2.05, 4.69) is 10.6 Å². The molecule has 19 heteroatoms. The van der Waals surface area contributed by atoms with E-state index in [0.717, 1.165) is 6.42 Å². The van der Waals surface area contributed by atoms with Crippen molar-refractivity contribution in [3.63, 3.8) is 0 Å². The molecule has 0 aliphatic carbocycles. The van der Waals surface area contributed by atoms with E-state index >= 15 is 0 Å². The minimum Gasteiger partial charge on any atom is -0.493 e. The van der Waals surface area contributed by atoms with Crippen LogP contribution >= 0.6 is 0 Å². The first-order valence-corrected chi connectivity index (χ1v) is 27.8. The number of aliphatic hydroxyl groups is 4. The van der Waals surface area contributed by atoms with Crippen LogP contribution in [0.5, 0.6) is 17.2 Å². The normalized spacial score (nSPS) is 37.7. The van der Waals surface area contributed by atoms with E-state index in [0.29, 0.717) is 42.4 Å². The highest BCUT2D eigenvalue weighted by atomic mass is 16.7. The van der Waals surface area contributed by atoms with Crippen LogP contribution in [0.4, 0.5) is 10.5 Å². The smallest absolute Gasteiger partial charge is 0.324 e. The molecule has 3 aliphatic rings. The van der Waals surface area contributed by atoms with Crippen LogP contribution in [-0.2, 0) is 33.2 Å². The molecule has 3 heterocycles. The number of anilines is 1. The van der Waals surface area contributed by atoms with Crippen molar-refractivity contribution in [1.29, 1.82) is 0 Å². The summed E-state index contributed by atoms with van der Waals surface area (Å²) < 4.78 is 58.9.